The number of para-hydroxylation sites is 1. The van der Waals surface area contributed by atoms with Crippen molar-refractivity contribution in [2.24, 2.45) is 0 Å². The summed E-state index contributed by atoms with van der Waals surface area (Å²) in [6.45, 7) is 0.415. The molecule has 28 heavy (non-hydrogen) atoms. The SMILES string of the molecule is COc1ccc(C(=O)Nc2ccccc2C(=O)NCc2ccccc2)cc1I. The van der Waals surface area contributed by atoms with Crippen LogP contribution in [0, 0.1) is 3.57 Å². The first kappa shape index (κ1) is 19.9. The van der Waals surface area contributed by atoms with Crippen LogP contribution in [-0.2, 0) is 6.54 Å². The first-order valence-corrected chi connectivity index (χ1v) is 9.72. The average Bonchev–Trinajstić information content (AvgIpc) is 2.73. The summed E-state index contributed by atoms with van der Waals surface area (Å²) in [5.74, 6) is 0.172. The van der Waals surface area contributed by atoms with Crippen molar-refractivity contribution in [3.8, 4) is 5.75 Å². The van der Waals surface area contributed by atoms with Crippen LogP contribution >= 0.6 is 22.6 Å². The molecule has 0 atom stereocenters. The number of nitrogens with one attached hydrogen (secondary N) is 2. The number of rotatable bonds is 6. The van der Waals surface area contributed by atoms with E-state index in [4.69, 9.17) is 4.74 Å². The molecule has 0 saturated heterocycles. The summed E-state index contributed by atoms with van der Waals surface area (Å²) in [6, 6.07) is 21.8. The minimum absolute atomic E-state index is 0.246. The minimum Gasteiger partial charge on any atom is -0.496 e. The zero-order valence-electron chi connectivity index (χ0n) is 15.2. The number of halogens is 1. The van der Waals surface area contributed by atoms with Crippen molar-refractivity contribution in [1.82, 2.24) is 5.32 Å². The van der Waals surface area contributed by atoms with Gasteiger partial charge in [0, 0.05) is 12.1 Å². The van der Waals surface area contributed by atoms with E-state index in [1.165, 1.54) is 0 Å². The summed E-state index contributed by atoms with van der Waals surface area (Å²) in [7, 11) is 1.58. The summed E-state index contributed by atoms with van der Waals surface area (Å²) in [4.78, 5) is 25.2. The van der Waals surface area contributed by atoms with Crippen LogP contribution in [0.4, 0.5) is 5.69 Å². The zero-order chi connectivity index (χ0) is 19.9. The molecule has 0 aliphatic carbocycles. The Morgan fingerprint density at radius 3 is 2.36 bits per heavy atom. The maximum Gasteiger partial charge on any atom is 0.255 e. The number of anilines is 1. The van der Waals surface area contributed by atoms with Crippen LogP contribution < -0.4 is 15.4 Å². The monoisotopic (exact) mass is 486 g/mol. The highest BCUT2D eigenvalue weighted by Gasteiger charge is 2.15. The van der Waals surface area contributed by atoms with Crippen LogP contribution in [0.1, 0.15) is 26.3 Å². The van der Waals surface area contributed by atoms with Crippen molar-refractivity contribution in [2.45, 2.75) is 6.54 Å². The third kappa shape index (κ3) is 4.89. The number of hydrogen-bond donors (Lipinski definition) is 2. The predicted octanol–water partition coefficient (Wildman–Crippen LogP) is 4.48. The number of amides is 2. The Hall–Kier alpha value is -2.87. The fourth-order valence-electron chi connectivity index (χ4n) is 2.67. The Bertz CT molecular complexity index is 990. The molecule has 0 heterocycles. The number of methoxy groups -OCH3 is 1. The third-order valence-electron chi connectivity index (χ3n) is 4.13. The molecule has 3 aromatic carbocycles. The Morgan fingerprint density at radius 1 is 0.929 bits per heavy atom. The lowest BCUT2D eigenvalue weighted by Gasteiger charge is -2.12. The van der Waals surface area contributed by atoms with Gasteiger partial charge < -0.3 is 15.4 Å². The minimum atomic E-state index is -0.288. The van der Waals surface area contributed by atoms with Gasteiger partial charge in [0.05, 0.1) is 21.9 Å². The molecule has 0 unspecified atom stereocenters. The summed E-state index contributed by atoms with van der Waals surface area (Å²) in [5.41, 5.74) is 2.37. The van der Waals surface area contributed by atoms with Gasteiger partial charge in [0.1, 0.15) is 5.75 Å². The zero-order valence-corrected chi connectivity index (χ0v) is 17.4. The molecule has 0 aromatic heterocycles. The Balaban J connectivity index is 1.73. The van der Waals surface area contributed by atoms with E-state index >= 15 is 0 Å². The molecule has 0 aliphatic rings. The molecule has 3 aromatic rings. The molecule has 142 valence electrons. The normalized spacial score (nSPS) is 10.2. The van der Waals surface area contributed by atoms with E-state index in [9.17, 15) is 9.59 Å². The lowest BCUT2D eigenvalue weighted by molar-refractivity contribution is 0.0952. The van der Waals surface area contributed by atoms with Crippen molar-refractivity contribution < 1.29 is 14.3 Å². The van der Waals surface area contributed by atoms with Gasteiger partial charge in [-0.05, 0) is 58.5 Å². The average molecular weight is 486 g/mol. The van der Waals surface area contributed by atoms with Gasteiger partial charge in [-0.3, -0.25) is 9.59 Å². The van der Waals surface area contributed by atoms with Gasteiger partial charge in [0.2, 0.25) is 0 Å². The van der Waals surface area contributed by atoms with Crippen LogP contribution in [-0.4, -0.2) is 18.9 Å². The standard InChI is InChI=1S/C22H19IN2O3/c1-28-20-12-11-16(13-18(20)23)21(26)25-19-10-6-5-9-17(19)22(27)24-14-15-7-3-2-4-8-15/h2-13H,14H2,1H3,(H,24,27)(H,25,26). The van der Waals surface area contributed by atoms with E-state index in [-0.39, 0.29) is 11.8 Å². The number of ether oxygens (including phenoxy) is 1. The van der Waals surface area contributed by atoms with Crippen LogP contribution in [0.2, 0.25) is 0 Å². The molecule has 0 spiro atoms. The molecule has 0 aliphatic heterocycles. The summed E-state index contributed by atoms with van der Waals surface area (Å²) in [6.07, 6.45) is 0. The molecule has 0 bridgehead atoms. The van der Waals surface area contributed by atoms with Gasteiger partial charge in [0.15, 0.2) is 0 Å². The Labute approximate surface area is 177 Å². The molecule has 0 fully saturated rings. The lowest BCUT2D eigenvalue weighted by atomic mass is 10.1. The van der Waals surface area contributed by atoms with Gasteiger partial charge in [-0.15, -0.1) is 0 Å². The number of benzene rings is 3. The molecule has 5 nitrogen and oxygen atoms in total. The van der Waals surface area contributed by atoms with Crippen LogP contribution in [0.15, 0.2) is 72.8 Å². The maximum absolute atomic E-state index is 12.6. The molecule has 0 saturated carbocycles. The summed E-state index contributed by atoms with van der Waals surface area (Å²) >= 11 is 2.12. The molecule has 3 rings (SSSR count). The summed E-state index contributed by atoms with van der Waals surface area (Å²) < 4.78 is 6.05. The highest BCUT2D eigenvalue weighted by molar-refractivity contribution is 14.1. The second-order valence-electron chi connectivity index (χ2n) is 6.02. The molecular formula is C22H19IN2O3. The fourth-order valence-corrected chi connectivity index (χ4v) is 3.40. The fraction of sp³-hybridized carbons (Fsp3) is 0.0909. The Morgan fingerprint density at radius 2 is 1.64 bits per heavy atom. The largest absolute Gasteiger partial charge is 0.496 e. The van der Waals surface area contributed by atoms with Crippen LogP contribution in [0.5, 0.6) is 5.75 Å². The second kappa shape index (κ2) is 9.36. The van der Waals surface area contributed by atoms with Crippen LogP contribution in [0.3, 0.4) is 0 Å². The van der Waals surface area contributed by atoms with E-state index in [1.54, 1.807) is 49.6 Å². The molecule has 0 radical (unpaired) electrons. The molecule has 2 N–H and O–H groups in total. The van der Waals surface area contributed by atoms with Gasteiger partial charge >= 0.3 is 0 Å². The van der Waals surface area contributed by atoms with Crippen molar-refractivity contribution in [3.63, 3.8) is 0 Å². The van der Waals surface area contributed by atoms with Gasteiger partial charge in [-0.1, -0.05) is 42.5 Å². The first-order chi connectivity index (χ1) is 13.6. The van der Waals surface area contributed by atoms with Gasteiger partial charge in [0.25, 0.3) is 11.8 Å². The van der Waals surface area contributed by atoms with Crippen LogP contribution in [0.25, 0.3) is 0 Å². The topological polar surface area (TPSA) is 67.4 Å². The maximum atomic E-state index is 12.6. The van der Waals surface area contributed by atoms with Crippen molar-refractivity contribution >= 4 is 40.1 Å². The smallest absolute Gasteiger partial charge is 0.255 e. The van der Waals surface area contributed by atoms with E-state index in [1.807, 2.05) is 30.3 Å². The number of carbonyl (C=O) groups excluding carboxylic acids is 2. The summed E-state index contributed by atoms with van der Waals surface area (Å²) in [5, 5.41) is 5.71. The van der Waals surface area contributed by atoms with E-state index in [2.05, 4.69) is 33.2 Å². The van der Waals surface area contributed by atoms with E-state index in [0.717, 1.165) is 9.13 Å². The van der Waals surface area contributed by atoms with Gasteiger partial charge in [-0.2, -0.15) is 0 Å². The number of hydrogen-bond acceptors (Lipinski definition) is 3. The molecule has 2 amide bonds. The lowest BCUT2D eigenvalue weighted by Crippen LogP contribution is -2.24. The second-order valence-corrected chi connectivity index (χ2v) is 7.18. The highest BCUT2D eigenvalue weighted by atomic mass is 127. The Kier molecular flexibility index (Phi) is 6.65. The number of carbonyl (C=O) groups is 2. The van der Waals surface area contributed by atoms with E-state index < -0.39 is 0 Å². The first-order valence-electron chi connectivity index (χ1n) is 8.64. The van der Waals surface area contributed by atoms with Gasteiger partial charge in [-0.25, -0.2) is 0 Å². The van der Waals surface area contributed by atoms with Crippen molar-refractivity contribution in [2.75, 3.05) is 12.4 Å². The third-order valence-corrected chi connectivity index (χ3v) is 4.97. The quantitative estimate of drug-likeness (QED) is 0.505. The molecule has 6 heteroatoms. The predicted molar refractivity (Wildman–Crippen MR) is 118 cm³/mol. The van der Waals surface area contributed by atoms with Crippen molar-refractivity contribution in [3.05, 3.63) is 93.1 Å². The highest BCUT2D eigenvalue weighted by Crippen LogP contribution is 2.23. The molecular weight excluding hydrogens is 467 g/mol. The van der Waals surface area contributed by atoms with E-state index in [0.29, 0.717) is 29.1 Å². The van der Waals surface area contributed by atoms with Crippen molar-refractivity contribution in [1.29, 1.82) is 0 Å².